The van der Waals surface area contributed by atoms with E-state index in [0.717, 1.165) is 44.6 Å². The third-order valence-electron chi connectivity index (χ3n) is 5.50. The Morgan fingerprint density at radius 3 is 2.65 bits per heavy atom. The maximum absolute atomic E-state index is 12.5. The minimum atomic E-state index is -0.0653. The van der Waals surface area contributed by atoms with Crippen LogP contribution in [0.4, 0.5) is 11.4 Å². The summed E-state index contributed by atoms with van der Waals surface area (Å²) in [7, 11) is 1.57. The molecule has 7 heteroatoms. The SMILES string of the molecule is COc1ccc(Cl)cc1NC(=O)CC[C@H]1CCCN(Cc2ccc(NC(C)=O)cc2)C1. The highest BCUT2D eigenvalue weighted by Crippen LogP contribution is 2.28. The summed E-state index contributed by atoms with van der Waals surface area (Å²) in [5, 5.41) is 6.27. The second-order valence-corrected chi connectivity index (χ2v) is 8.49. The summed E-state index contributed by atoms with van der Waals surface area (Å²) in [5.41, 5.74) is 2.64. The number of rotatable bonds is 8. The first-order valence-electron chi connectivity index (χ1n) is 10.6. The molecule has 2 N–H and O–H groups in total. The van der Waals surface area contributed by atoms with Gasteiger partial charge in [-0.25, -0.2) is 0 Å². The average Bonchev–Trinajstić information content (AvgIpc) is 2.74. The number of hydrogen-bond acceptors (Lipinski definition) is 4. The molecule has 2 aromatic carbocycles. The lowest BCUT2D eigenvalue weighted by Crippen LogP contribution is -2.35. The number of carbonyl (C=O) groups is 2. The molecule has 2 amide bonds. The van der Waals surface area contributed by atoms with Crippen molar-refractivity contribution in [3.8, 4) is 5.75 Å². The van der Waals surface area contributed by atoms with Crippen molar-refractivity contribution < 1.29 is 14.3 Å². The normalized spacial score (nSPS) is 16.5. The van der Waals surface area contributed by atoms with Crippen LogP contribution in [0.25, 0.3) is 0 Å². The minimum Gasteiger partial charge on any atom is -0.495 e. The number of halogens is 1. The molecule has 2 aromatic rings. The first-order valence-corrected chi connectivity index (χ1v) is 11.0. The van der Waals surface area contributed by atoms with Crippen molar-refractivity contribution in [3.05, 3.63) is 53.1 Å². The smallest absolute Gasteiger partial charge is 0.224 e. The van der Waals surface area contributed by atoms with Crippen LogP contribution in [0.1, 0.15) is 38.2 Å². The summed E-state index contributed by atoms with van der Waals surface area (Å²) < 4.78 is 5.29. The van der Waals surface area contributed by atoms with Crippen LogP contribution in [-0.2, 0) is 16.1 Å². The quantitative estimate of drug-likeness (QED) is 0.606. The molecule has 166 valence electrons. The molecule has 3 rings (SSSR count). The lowest BCUT2D eigenvalue weighted by molar-refractivity contribution is -0.116. The molecule has 0 aliphatic carbocycles. The molecule has 1 fully saturated rings. The number of piperidine rings is 1. The van der Waals surface area contributed by atoms with E-state index in [0.29, 0.717) is 28.8 Å². The van der Waals surface area contributed by atoms with Gasteiger partial charge < -0.3 is 15.4 Å². The predicted molar refractivity (Wildman–Crippen MR) is 125 cm³/mol. The Balaban J connectivity index is 1.47. The van der Waals surface area contributed by atoms with Crippen molar-refractivity contribution in [1.29, 1.82) is 0 Å². The predicted octanol–water partition coefficient (Wildman–Crippen LogP) is 4.94. The van der Waals surface area contributed by atoms with Crippen LogP contribution >= 0.6 is 11.6 Å². The van der Waals surface area contributed by atoms with Crippen molar-refractivity contribution in [2.24, 2.45) is 5.92 Å². The van der Waals surface area contributed by atoms with Crippen LogP contribution in [0.5, 0.6) is 5.75 Å². The van der Waals surface area contributed by atoms with Crippen LogP contribution in [0.3, 0.4) is 0 Å². The fraction of sp³-hybridized carbons (Fsp3) is 0.417. The van der Waals surface area contributed by atoms with Crippen LogP contribution in [0.2, 0.25) is 5.02 Å². The Morgan fingerprint density at radius 2 is 1.94 bits per heavy atom. The molecule has 0 spiro atoms. The van der Waals surface area contributed by atoms with Gasteiger partial charge >= 0.3 is 0 Å². The molecule has 1 aliphatic heterocycles. The van der Waals surface area contributed by atoms with Gasteiger partial charge in [0, 0.05) is 37.1 Å². The summed E-state index contributed by atoms with van der Waals surface area (Å²) in [4.78, 5) is 26.1. The number of likely N-dealkylation sites (tertiary alicyclic amines) is 1. The standard InChI is InChI=1S/C24H30ClN3O3/c1-17(29)26-21-9-5-19(6-10-21)16-28-13-3-4-18(15-28)7-12-24(30)27-22-14-20(25)8-11-23(22)31-2/h5-6,8-11,14,18H,3-4,7,12-13,15-16H2,1-2H3,(H,26,29)(H,27,30)/t18-/m1/s1. The molecule has 1 saturated heterocycles. The van der Waals surface area contributed by atoms with E-state index in [-0.39, 0.29) is 11.8 Å². The Hall–Kier alpha value is -2.57. The highest BCUT2D eigenvalue weighted by atomic mass is 35.5. The summed E-state index contributed by atoms with van der Waals surface area (Å²) in [5.74, 6) is 1.02. The van der Waals surface area contributed by atoms with Crippen LogP contribution < -0.4 is 15.4 Å². The lowest BCUT2D eigenvalue weighted by Gasteiger charge is -2.32. The Labute approximate surface area is 188 Å². The topological polar surface area (TPSA) is 70.7 Å². The molecule has 0 unspecified atom stereocenters. The third kappa shape index (κ3) is 7.26. The van der Waals surface area contributed by atoms with E-state index >= 15 is 0 Å². The van der Waals surface area contributed by atoms with Gasteiger partial charge in [-0.2, -0.15) is 0 Å². The fourth-order valence-electron chi connectivity index (χ4n) is 4.01. The van der Waals surface area contributed by atoms with E-state index in [4.69, 9.17) is 16.3 Å². The fourth-order valence-corrected chi connectivity index (χ4v) is 4.18. The van der Waals surface area contributed by atoms with Gasteiger partial charge in [0.05, 0.1) is 12.8 Å². The van der Waals surface area contributed by atoms with E-state index in [9.17, 15) is 9.59 Å². The number of anilines is 2. The summed E-state index contributed by atoms with van der Waals surface area (Å²) in [6.07, 6.45) is 3.61. The van der Waals surface area contributed by atoms with Crippen molar-refractivity contribution >= 4 is 34.8 Å². The lowest BCUT2D eigenvalue weighted by atomic mass is 9.93. The Bertz CT molecular complexity index is 901. The summed E-state index contributed by atoms with van der Waals surface area (Å²) >= 11 is 6.04. The van der Waals surface area contributed by atoms with Crippen molar-refractivity contribution in [1.82, 2.24) is 4.90 Å². The number of amides is 2. The second-order valence-electron chi connectivity index (χ2n) is 8.05. The molecular weight excluding hydrogens is 414 g/mol. The second kappa shape index (κ2) is 11.2. The number of ether oxygens (including phenoxy) is 1. The Kier molecular flexibility index (Phi) is 8.32. The van der Waals surface area contributed by atoms with Crippen LogP contribution in [0.15, 0.2) is 42.5 Å². The van der Waals surface area contributed by atoms with Crippen LogP contribution in [0, 0.1) is 5.92 Å². The third-order valence-corrected chi connectivity index (χ3v) is 5.73. The summed E-state index contributed by atoms with van der Waals surface area (Å²) in [6.45, 7) is 4.44. The van der Waals surface area contributed by atoms with Crippen molar-refractivity contribution in [2.45, 2.75) is 39.2 Å². The Morgan fingerprint density at radius 1 is 1.16 bits per heavy atom. The number of hydrogen-bond donors (Lipinski definition) is 2. The molecule has 6 nitrogen and oxygen atoms in total. The first-order chi connectivity index (χ1) is 14.9. The van der Waals surface area contributed by atoms with Gasteiger partial charge in [-0.1, -0.05) is 23.7 Å². The van der Waals surface area contributed by atoms with Gasteiger partial charge in [-0.15, -0.1) is 0 Å². The average molecular weight is 444 g/mol. The van der Waals surface area contributed by atoms with Crippen molar-refractivity contribution in [2.75, 3.05) is 30.8 Å². The molecule has 1 atom stereocenters. The van der Waals surface area contributed by atoms with Crippen LogP contribution in [-0.4, -0.2) is 36.9 Å². The molecule has 0 saturated carbocycles. The van der Waals surface area contributed by atoms with E-state index in [1.165, 1.54) is 12.5 Å². The molecule has 31 heavy (non-hydrogen) atoms. The highest BCUT2D eigenvalue weighted by Gasteiger charge is 2.21. The van der Waals surface area contributed by atoms with Gasteiger partial charge in [0.2, 0.25) is 11.8 Å². The molecule has 1 heterocycles. The number of nitrogens with zero attached hydrogens (tertiary/aromatic N) is 1. The molecule has 1 aliphatic rings. The van der Waals surface area contributed by atoms with E-state index < -0.39 is 0 Å². The molecule has 0 radical (unpaired) electrons. The minimum absolute atomic E-state index is 0.0220. The van der Waals surface area contributed by atoms with Crippen molar-refractivity contribution in [3.63, 3.8) is 0 Å². The number of methoxy groups -OCH3 is 1. The van der Waals surface area contributed by atoms with E-state index in [1.807, 2.05) is 12.1 Å². The number of carbonyl (C=O) groups excluding carboxylic acids is 2. The number of benzene rings is 2. The van der Waals surface area contributed by atoms with E-state index in [2.05, 4.69) is 27.7 Å². The highest BCUT2D eigenvalue weighted by molar-refractivity contribution is 6.31. The van der Waals surface area contributed by atoms with Gasteiger partial charge in [0.25, 0.3) is 0 Å². The largest absolute Gasteiger partial charge is 0.495 e. The molecule has 0 bridgehead atoms. The molecular formula is C24H30ClN3O3. The zero-order valence-electron chi connectivity index (χ0n) is 18.1. The summed E-state index contributed by atoms with van der Waals surface area (Å²) in [6, 6.07) is 13.2. The van der Waals surface area contributed by atoms with Gasteiger partial charge in [-0.3, -0.25) is 14.5 Å². The number of nitrogens with one attached hydrogen (secondary N) is 2. The monoisotopic (exact) mass is 443 g/mol. The zero-order chi connectivity index (χ0) is 22.2. The molecule has 0 aromatic heterocycles. The first kappa shape index (κ1) is 23.1. The van der Waals surface area contributed by atoms with E-state index in [1.54, 1.807) is 25.3 Å². The van der Waals surface area contributed by atoms with Gasteiger partial charge in [0.1, 0.15) is 5.75 Å². The zero-order valence-corrected chi connectivity index (χ0v) is 18.9. The van der Waals surface area contributed by atoms with Gasteiger partial charge in [-0.05, 0) is 67.6 Å². The van der Waals surface area contributed by atoms with Gasteiger partial charge in [0.15, 0.2) is 0 Å². The maximum Gasteiger partial charge on any atom is 0.224 e. The maximum atomic E-state index is 12.5.